The first-order valence-electron chi connectivity index (χ1n) is 4.72. The number of carbonyl (C=O) groups excluding carboxylic acids is 1. The topological polar surface area (TPSA) is 97.4 Å². The molecule has 88 valence electrons. The second-order valence-electron chi connectivity index (χ2n) is 3.21. The minimum absolute atomic E-state index is 0.152. The molecule has 0 spiro atoms. The molecule has 0 unspecified atom stereocenters. The lowest BCUT2D eigenvalue weighted by Crippen LogP contribution is -2.40. The van der Waals surface area contributed by atoms with Crippen molar-refractivity contribution in [2.24, 2.45) is 0 Å². The number of nitrogens with one attached hydrogen (secondary N) is 2. The van der Waals surface area contributed by atoms with Crippen molar-refractivity contribution in [3.63, 3.8) is 0 Å². The van der Waals surface area contributed by atoms with Crippen LogP contribution in [0, 0.1) is 10.1 Å². The summed E-state index contributed by atoms with van der Waals surface area (Å²) >= 11 is 0. The summed E-state index contributed by atoms with van der Waals surface area (Å²) in [5.74, 6) is -0.0343. The number of hydrogen-bond acceptors (Lipinski definition) is 5. The van der Waals surface area contributed by atoms with Gasteiger partial charge in [0.2, 0.25) is 5.91 Å². The number of hydrogen-bond donors (Lipinski definition) is 2. The molecule has 0 radical (unpaired) electrons. The predicted molar refractivity (Wildman–Crippen MR) is 55.7 cm³/mol. The van der Waals surface area contributed by atoms with Crippen LogP contribution in [0.25, 0.3) is 0 Å². The summed E-state index contributed by atoms with van der Waals surface area (Å²) in [6.45, 7) is 1.96. The molecular formula is C9H13N3O4. The van der Waals surface area contributed by atoms with Gasteiger partial charge >= 0.3 is 5.88 Å². The molecule has 0 aromatic carbocycles. The van der Waals surface area contributed by atoms with Crippen LogP contribution in [0.5, 0.6) is 0 Å². The van der Waals surface area contributed by atoms with E-state index in [9.17, 15) is 14.9 Å². The third kappa shape index (κ3) is 3.06. The van der Waals surface area contributed by atoms with Crippen molar-refractivity contribution >= 4 is 11.8 Å². The fourth-order valence-electron chi connectivity index (χ4n) is 1.12. The lowest BCUT2D eigenvalue weighted by molar-refractivity contribution is -0.402. The minimum Gasteiger partial charge on any atom is -0.404 e. The van der Waals surface area contributed by atoms with Gasteiger partial charge in [0.25, 0.3) is 0 Å². The highest BCUT2D eigenvalue weighted by atomic mass is 16.6. The van der Waals surface area contributed by atoms with E-state index in [4.69, 9.17) is 4.42 Å². The number of nitrogens with zero attached hydrogens (tertiary/aromatic N) is 1. The second-order valence-corrected chi connectivity index (χ2v) is 3.21. The molecule has 1 aromatic rings. The highest BCUT2D eigenvalue weighted by Crippen LogP contribution is 2.15. The van der Waals surface area contributed by atoms with E-state index in [0.717, 1.165) is 0 Å². The Kier molecular flexibility index (Phi) is 4.01. The number of rotatable bonds is 5. The first-order chi connectivity index (χ1) is 7.54. The molecule has 0 fully saturated rings. The molecule has 1 rings (SSSR count). The molecule has 0 saturated heterocycles. The van der Waals surface area contributed by atoms with Gasteiger partial charge in [-0.25, -0.2) is 0 Å². The smallest absolute Gasteiger partial charge is 0.404 e. The fraction of sp³-hybridized carbons (Fsp3) is 0.444. The molecule has 16 heavy (non-hydrogen) atoms. The van der Waals surface area contributed by atoms with Crippen molar-refractivity contribution < 1.29 is 14.1 Å². The summed E-state index contributed by atoms with van der Waals surface area (Å²) in [6, 6.07) is 2.40. The van der Waals surface area contributed by atoms with Crippen molar-refractivity contribution in [1.82, 2.24) is 10.6 Å². The third-order valence-electron chi connectivity index (χ3n) is 2.05. The average molecular weight is 227 g/mol. The average Bonchev–Trinajstić information content (AvgIpc) is 2.73. The van der Waals surface area contributed by atoms with Crippen molar-refractivity contribution in [3.8, 4) is 0 Å². The molecule has 1 aromatic heterocycles. The summed E-state index contributed by atoms with van der Waals surface area (Å²) in [7, 11) is 1.54. The van der Waals surface area contributed by atoms with E-state index in [1.165, 1.54) is 19.2 Å². The highest BCUT2D eigenvalue weighted by Gasteiger charge is 2.14. The Balaban J connectivity index is 2.48. The largest absolute Gasteiger partial charge is 0.433 e. The molecule has 7 heteroatoms. The van der Waals surface area contributed by atoms with E-state index < -0.39 is 4.92 Å². The molecule has 0 saturated carbocycles. The maximum absolute atomic E-state index is 11.1. The Bertz CT molecular complexity index is 388. The van der Waals surface area contributed by atoms with Crippen LogP contribution in [-0.2, 0) is 11.3 Å². The molecule has 1 atom stereocenters. The zero-order valence-corrected chi connectivity index (χ0v) is 9.02. The Morgan fingerprint density at radius 3 is 2.81 bits per heavy atom. The normalized spacial score (nSPS) is 12.1. The lowest BCUT2D eigenvalue weighted by Gasteiger charge is -2.10. The van der Waals surface area contributed by atoms with Gasteiger partial charge in [-0.05, 0) is 13.0 Å². The van der Waals surface area contributed by atoms with Crippen LogP contribution >= 0.6 is 0 Å². The van der Waals surface area contributed by atoms with Crippen LogP contribution < -0.4 is 10.6 Å². The van der Waals surface area contributed by atoms with Gasteiger partial charge in [-0.1, -0.05) is 0 Å². The van der Waals surface area contributed by atoms with Crippen LogP contribution in [-0.4, -0.2) is 23.9 Å². The van der Waals surface area contributed by atoms with E-state index in [2.05, 4.69) is 10.6 Å². The quantitative estimate of drug-likeness (QED) is 0.561. The van der Waals surface area contributed by atoms with Crippen LogP contribution in [0.4, 0.5) is 5.88 Å². The maximum Gasteiger partial charge on any atom is 0.433 e. The summed E-state index contributed by atoms with van der Waals surface area (Å²) in [6.07, 6.45) is 0. The highest BCUT2D eigenvalue weighted by molar-refractivity contribution is 5.80. The predicted octanol–water partition coefficient (Wildman–Crippen LogP) is 0.412. The third-order valence-corrected chi connectivity index (χ3v) is 2.05. The SMILES string of the molecule is CNC(=O)[C@@H](C)NCc1ccc([N+](=O)[O-])o1. The van der Waals surface area contributed by atoms with Gasteiger partial charge in [0, 0.05) is 7.05 Å². The van der Waals surface area contributed by atoms with Gasteiger partial charge in [-0.15, -0.1) is 0 Å². The van der Waals surface area contributed by atoms with Crippen LogP contribution in [0.3, 0.4) is 0 Å². The van der Waals surface area contributed by atoms with E-state index in [1.54, 1.807) is 6.92 Å². The molecule has 0 aliphatic carbocycles. The van der Waals surface area contributed by atoms with Crippen LogP contribution in [0.1, 0.15) is 12.7 Å². The van der Waals surface area contributed by atoms with Gasteiger partial charge in [-0.3, -0.25) is 20.2 Å². The lowest BCUT2D eigenvalue weighted by atomic mass is 10.3. The minimum atomic E-state index is -0.605. The van der Waals surface area contributed by atoms with Gasteiger partial charge in [0.05, 0.1) is 18.7 Å². The molecule has 0 bridgehead atoms. The van der Waals surface area contributed by atoms with Crippen LogP contribution in [0.2, 0.25) is 0 Å². The standard InChI is InChI=1S/C9H13N3O4/c1-6(9(13)10-2)11-5-7-3-4-8(16-7)12(14)15/h3-4,6,11H,5H2,1-2H3,(H,10,13)/t6-/m1/s1. The summed E-state index contributed by atoms with van der Waals surface area (Å²) in [5.41, 5.74) is 0. The fourth-order valence-corrected chi connectivity index (χ4v) is 1.12. The molecule has 1 amide bonds. The Hall–Kier alpha value is -1.89. The van der Waals surface area contributed by atoms with Crippen molar-refractivity contribution in [2.75, 3.05) is 7.05 Å². The van der Waals surface area contributed by atoms with Gasteiger partial charge in [-0.2, -0.15) is 0 Å². The monoisotopic (exact) mass is 227 g/mol. The summed E-state index contributed by atoms with van der Waals surface area (Å²) in [4.78, 5) is 20.9. The van der Waals surface area contributed by atoms with Gasteiger partial charge in [0.1, 0.15) is 10.7 Å². The van der Waals surface area contributed by atoms with E-state index in [0.29, 0.717) is 5.76 Å². The second kappa shape index (κ2) is 5.26. The first kappa shape index (κ1) is 12.2. The number of amides is 1. The zero-order valence-electron chi connectivity index (χ0n) is 9.02. The molecule has 1 heterocycles. The number of nitro groups is 1. The molecule has 0 aliphatic heterocycles. The van der Waals surface area contributed by atoms with Crippen molar-refractivity contribution in [3.05, 3.63) is 28.0 Å². The zero-order chi connectivity index (χ0) is 12.1. The van der Waals surface area contributed by atoms with E-state index in [1.807, 2.05) is 0 Å². The van der Waals surface area contributed by atoms with E-state index in [-0.39, 0.29) is 24.4 Å². The Morgan fingerprint density at radius 2 is 2.31 bits per heavy atom. The Labute approximate surface area is 92.0 Å². The van der Waals surface area contributed by atoms with Gasteiger partial charge < -0.3 is 9.73 Å². The van der Waals surface area contributed by atoms with Crippen molar-refractivity contribution in [2.45, 2.75) is 19.5 Å². The summed E-state index contributed by atoms with van der Waals surface area (Å²) in [5, 5.41) is 15.7. The van der Waals surface area contributed by atoms with E-state index >= 15 is 0 Å². The van der Waals surface area contributed by atoms with Gasteiger partial charge in [0.15, 0.2) is 0 Å². The summed E-state index contributed by atoms with van der Waals surface area (Å²) < 4.78 is 4.92. The first-order valence-corrected chi connectivity index (χ1v) is 4.72. The number of likely N-dealkylation sites (N-methyl/N-ethyl adjacent to an activating group) is 1. The molecule has 2 N–H and O–H groups in total. The Morgan fingerprint density at radius 1 is 1.62 bits per heavy atom. The number of furan rings is 1. The maximum atomic E-state index is 11.1. The molecular weight excluding hydrogens is 214 g/mol. The van der Waals surface area contributed by atoms with Crippen LogP contribution in [0.15, 0.2) is 16.5 Å². The molecule has 7 nitrogen and oxygen atoms in total. The number of carbonyl (C=O) groups is 1. The van der Waals surface area contributed by atoms with Crippen molar-refractivity contribution in [1.29, 1.82) is 0 Å². The molecule has 0 aliphatic rings.